The lowest BCUT2D eigenvalue weighted by Gasteiger charge is -2.08. The van der Waals surface area contributed by atoms with Gasteiger partial charge in [0.15, 0.2) is 0 Å². The Hall–Kier alpha value is -2.09. The van der Waals surface area contributed by atoms with E-state index in [9.17, 15) is 4.79 Å². The van der Waals surface area contributed by atoms with Crippen LogP contribution in [0.1, 0.15) is 42.9 Å². The summed E-state index contributed by atoms with van der Waals surface area (Å²) in [5.74, 6) is 0.653. The maximum Gasteiger partial charge on any atom is 0.220 e. The molecule has 0 saturated carbocycles. The lowest BCUT2D eigenvalue weighted by molar-refractivity contribution is -0.121. The van der Waals surface area contributed by atoms with Gasteiger partial charge < -0.3 is 5.32 Å². The zero-order valence-corrected chi connectivity index (χ0v) is 12.8. The van der Waals surface area contributed by atoms with Crippen LogP contribution in [0, 0.1) is 0 Å². The Labute approximate surface area is 127 Å². The first-order chi connectivity index (χ1) is 10.1. The first-order valence-electron chi connectivity index (χ1n) is 7.54. The molecule has 0 spiro atoms. The van der Waals surface area contributed by atoms with E-state index < -0.39 is 0 Å². The molecule has 2 heteroatoms. The van der Waals surface area contributed by atoms with E-state index in [1.54, 1.807) is 0 Å². The zero-order chi connectivity index (χ0) is 15.1. The highest BCUT2D eigenvalue weighted by Crippen LogP contribution is 2.15. The summed E-state index contributed by atoms with van der Waals surface area (Å²) in [5.41, 5.74) is 3.69. The lowest BCUT2D eigenvalue weighted by Crippen LogP contribution is -2.22. The van der Waals surface area contributed by atoms with Crippen molar-refractivity contribution in [2.75, 3.05) is 0 Å². The predicted molar refractivity (Wildman–Crippen MR) is 87.1 cm³/mol. The number of aryl methyl sites for hydroxylation is 1. The monoisotopic (exact) mass is 281 g/mol. The van der Waals surface area contributed by atoms with Gasteiger partial charge in [0, 0.05) is 13.0 Å². The van der Waals surface area contributed by atoms with Crippen LogP contribution >= 0.6 is 0 Å². The summed E-state index contributed by atoms with van der Waals surface area (Å²) < 4.78 is 0. The van der Waals surface area contributed by atoms with Crippen LogP contribution < -0.4 is 5.32 Å². The summed E-state index contributed by atoms with van der Waals surface area (Å²) in [7, 11) is 0. The molecule has 2 aromatic rings. The van der Waals surface area contributed by atoms with E-state index in [0.29, 0.717) is 18.9 Å². The summed E-state index contributed by atoms with van der Waals surface area (Å²) in [4.78, 5) is 11.9. The van der Waals surface area contributed by atoms with E-state index in [4.69, 9.17) is 0 Å². The quantitative estimate of drug-likeness (QED) is 0.850. The third-order valence-electron chi connectivity index (χ3n) is 3.62. The smallest absolute Gasteiger partial charge is 0.220 e. The van der Waals surface area contributed by atoms with Crippen molar-refractivity contribution in [3.63, 3.8) is 0 Å². The molecule has 0 bridgehead atoms. The average Bonchev–Trinajstić information content (AvgIpc) is 2.52. The van der Waals surface area contributed by atoms with Gasteiger partial charge in [-0.25, -0.2) is 0 Å². The van der Waals surface area contributed by atoms with Gasteiger partial charge in [-0.1, -0.05) is 68.4 Å². The molecule has 0 saturated heterocycles. The van der Waals surface area contributed by atoms with Crippen LogP contribution in [0.2, 0.25) is 0 Å². The molecule has 2 aromatic carbocycles. The van der Waals surface area contributed by atoms with Gasteiger partial charge in [0.1, 0.15) is 0 Å². The van der Waals surface area contributed by atoms with Gasteiger partial charge in [0.25, 0.3) is 0 Å². The van der Waals surface area contributed by atoms with Gasteiger partial charge in [-0.2, -0.15) is 0 Å². The number of carbonyl (C=O) groups excluding carboxylic acids is 1. The van der Waals surface area contributed by atoms with Gasteiger partial charge in [0.2, 0.25) is 5.91 Å². The van der Waals surface area contributed by atoms with Crippen LogP contribution in [0.4, 0.5) is 0 Å². The Morgan fingerprint density at radius 2 is 1.62 bits per heavy atom. The molecule has 0 aliphatic heterocycles. The van der Waals surface area contributed by atoms with Crippen LogP contribution in [0.15, 0.2) is 54.6 Å². The maximum absolute atomic E-state index is 11.9. The SMILES string of the molecule is CC(C)c1ccc(CCC(=O)NCc2ccccc2)cc1. The molecular formula is C19H23NO. The van der Waals surface area contributed by atoms with Crippen LogP contribution in [0.5, 0.6) is 0 Å². The fourth-order valence-electron chi connectivity index (χ4n) is 2.21. The van der Waals surface area contributed by atoms with Crippen molar-refractivity contribution in [1.82, 2.24) is 5.32 Å². The van der Waals surface area contributed by atoms with Crippen molar-refractivity contribution in [2.24, 2.45) is 0 Å². The van der Waals surface area contributed by atoms with Crippen molar-refractivity contribution in [2.45, 2.75) is 39.2 Å². The molecule has 0 unspecified atom stereocenters. The lowest BCUT2D eigenvalue weighted by atomic mass is 10.0. The normalized spacial score (nSPS) is 10.6. The number of amides is 1. The van der Waals surface area contributed by atoms with Gasteiger partial charge >= 0.3 is 0 Å². The number of hydrogen-bond acceptors (Lipinski definition) is 1. The molecule has 1 N–H and O–H groups in total. The fourth-order valence-corrected chi connectivity index (χ4v) is 2.21. The molecule has 0 atom stereocenters. The Morgan fingerprint density at radius 3 is 2.24 bits per heavy atom. The standard InChI is InChI=1S/C19H23NO/c1-15(2)18-11-8-16(9-12-18)10-13-19(21)20-14-17-6-4-3-5-7-17/h3-9,11-12,15H,10,13-14H2,1-2H3,(H,20,21). The predicted octanol–water partition coefficient (Wildman–Crippen LogP) is 4.06. The minimum Gasteiger partial charge on any atom is -0.352 e. The molecule has 0 aromatic heterocycles. The second-order valence-corrected chi connectivity index (χ2v) is 5.66. The van der Waals surface area contributed by atoms with Crippen LogP contribution in [0.25, 0.3) is 0 Å². The number of rotatable bonds is 6. The van der Waals surface area contributed by atoms with E-state index in [0.717, 1.165) is 12.0 Å². The minimum atomic E-state index is 0.104. The number of hydrogen-bond donors (Lipinski definition) is 1. The van der Waals surface area contributed by atoms with E-state index in [2.05, 4.69) is 43.4 Å². The van der Waals surface area contributed by atoms with Crippen molar-refractivity contribution >= 4 is 5.91 Å². The Balaban J connectivity index is 1.76. The maximum atomic E-state index is 11.9. The molecular weight excluding hydrogens is 258 g/mol. The zero-order valence-electron chi connectivity index (χ0n) is 12.8. The summed E-state index contributed by atoms with van der Waals surface area (Å²) in [5, 5.41) is 2.96. The summed E-state index contributed by atoms with van der Waals surface area (Å²) >= 11 is 0. The minimum absolute atomic E-state index is 0.104. The second-order valence-electron chi connectivity index (χ2n) is 5.66. The molecule has 0 aliphatic rings. The van der Waals surface area contributed by atoms with E-state index in [1.807, 2.05) is 30.3 Å². The first-order valence-corrected chi connectivity index (χ1v) is 7.54. The first kappa shape index (κ1) is 15.3. The van der Waals surface area contributed by atoms with Gasteiger partial charge in [0.05, 0.1) is 0 Å². The van der Waals surface area contributed by atoms with Crippen LogP contribution in [0.3, 0.4) is 0 Å². The van der Waals surface area contributed by atoms with E-state index >= 15 is 0 Å². The van der Waals surface area contributed by atoms with Crippen LogP contribution in [-0.2, 0) is 17.8 Å². The average molecular weight is 281 g/mol. The molecule has 0 aliphatic carbocycles. The van der Waals surface area contributed by atoms with Gasteiger partial charge in [-0.15, -0.1) is 0 Å². The third-order valence-corrected chi connectivity index (χ3v) is 3.62. The van der Waals surface area contributed by atoms with Gasteiger partial charge in [-0.3, -0.25) is 4.79 Å². The highest BCUT2D eigenvalue weighted by atomic mass is 16.1. The summed E-state index contributed by atoms with van der Waals surface area (Å²) in [6.07, 6.45) is 1.33. The van der Waals surface area contributed by atoms with Gasteiger partial charge in [-0.05, 0) is 29.0 Å². The number of nitrogens with one attached hydrogen (secondary N) is 1. The second kappa shape index (κ2) is 7.63. The molecule has 1 amide bonds. The largest absolute Gasteiger partial charge is 0.352 e. The molecule has 2 rings (SSSR count). The highest BCUT2D eigenvalue weighted by Gasteiger charge is 2.03. The van der Waals surface area contributed by atoms with Crippen molar-refractivity contribution < 1.29 is 4.79 Å². The van der Waals surface area contributed by atoms with Crippen molar-refractivity contribution in [3.8, 4) is 0 Å². The Kier molecular flexibility index (Phi) is 5.56. The molecule has 0 heterocycles. The summed E-state index contributed by atoms with van der Waals surface area (Å²) in [6, 6.07) is 18.5. The summed E-state index contributed by atoms with van der Waals surface area (Å²) in [6.45, 7) is 4.98. The molecule has 21 heavy (non-hydrogen) atoms. The third kappa shape index (κ3) is 5.07. The highest BCUT2D eigenvalue weighted by molar-refractivity contribution is 5.76. The topological polar surface area (TPSA) is 29.1 Å². The van der Waals surface area contributed by atoms with Crippen LogP contribution in [-0.4, -0.2) is 5.91 Å². The van der Waals surface area contributed by atoms with E-state index in [-0.39, 0.29) is 5.91 Å². The Morgan fingerprint density at radius 1 is 0.952 bits per heavy atom. The van der Waals surface area contributed by atoms with Crippen molar-refractivity contribution in [3.05, 3.63) is 71.3 Å². The number of benzene rings is 2. The fraction of sp³-hybridized carbons (Fsp3) is 0.316. The molecule has 110 valence electrons. The Bertz CT molecular complexity index is 558. The molecule has 2 nitrogen and oxygen atoms in total. The number of carbonyl (C=O) groups is 1. The molecule has 0 fully saturated rings. The molecule has 0 radical (unpaired) electrons. The van der Waals surface area contributed by atoms with Crippen molar-refractivity contribution in [1.29, 1.82) is 0 Å². The van der Waals surface area contributed by atoms with E-state index in [1.165, 1.54) is 11.1 Å².